The van der Waals surface area contributed by atoms with Crippen LogP contribution in [0.1, 0.15) is 6.92 Å². The third-order valence-electron chi connectivity index (χ3n) is 1.30. The molecule has 0 aliphatic heterocycles. The number of ether oxygens (including phenoxy) is 2. The quantitative estimate of drug-likeness (QED) is 0.459. The van der Waals surface area contributed by atoms with E-state index in [0.717, 1.165) is 0 Å². The van der Waals surface area contributed by atoms with E-state index < -0.39 is 6.09 Å². The van der Waals surface area contributed by atoms with Crippen LogP contribution in [0.5, 0.6) is 0 Å². The van der Waals surface area contributed by atoms with Crippen LogP contribution in [-0.2, 0) is 9.47 Å². The van der Waals surface area contributed by atoms with Crippen LogP contribution in [-0.4, -0.2) is 39.0 Å². The third-order valence-corrected chi connectivity index (χ3v) is 1.30. The number of amides is 1. The average molecular weight is 202 g/mol. The number of carbonyl (C=O) groups is 1. The minimum absolute atomic E-state index is 0.177. The normalized spacial score (nSPS) is 9.57. The first kappa shape index (κ1) is 12.9. The van der Waals surface area contributed by atoms with Gasteiger partial charge in [0.1, 0.15) is 6.61 Å². The van der Waals surface area contributed by atoms with Gasteiger partial charge in [-0.05, 0) is 12.5 Å². The third kappa shape index (κ3) is 7.57. The van der Waals surface area contributed by atoms with Crippen LogP contribution < -0.4 is 11.1 Å². The Kier molecular flexibility index (Phi) is 7.87. The molecule has 0 aromatic carbocycles. The molecule has 5 nitrogen and oxygen atoms in total. The molecule has 0 fully saturated rings. The lowest BCUT2D eigenvalue weighted by Crippen LogP contribution is -2.24. The fourth-order valence-electron chi connectivity index (χ4n) is 0.704. The summed E-state index contributed by atoms with van der Waals surface area (Å²) in [6.45, 7) is 7.57. The summed E-state index contributed by atoms with van der Waals surface area (Å²) in [7, 11) is 0. The molecule has 3 N–H and O–H groups in total. The summed E-state index contributed by atoms with van der Waals surface area (Å²) in [6.07, 6.45) is -0.438. The van der Waals surface area contributed by atoms with Crippen LogP contribution in [0.4, 0.5) is 4.79 Å². The highest BCUT2D eigenvalue weighted by atomic mass is 16.5. The first-order valence-corrected chi connectivity index (χ1v) is 4.55. The molecule has 0 aromatic rings. The Labute approximate surface area is 84.2 Å². The van der Waals surface area contributed by atoms with Crippen LogP contribution in [0, 0.1) is 0 Å². The summed E-state index contributed by atoms with van der Waals surface area (Å²) >= 11 is 0. The van der Waals surface area contributed by atoms with Crippen LogP contribution >= 0.6 is 0 Å². The lowest BCUT2D eigenvalue weighted by molar-refractivity contribution is 0.134. The van der Waals surface area contributed by atoms with E-state index in [4.69, 9.17) is 15.2 Å². The smallest absolute Gasteiger partial charge is 0.407 e. The van der Waals surface area contributed by atoms with Gasteiger partial charge in [0.15, 0.2) is 0 Å². The van der Waals surface area contributed by atoms with E-state index >= 15 is 0 Å². The van der Waals surface area contributed by atoms with E-state index in [0.29, 0.717) is 31.9 Å². The zero-order chi connectivity index (χ0) is 10.8. The van der Waals surface area contributed by atoms with Crippen LogP contribution in [0.2, 0.25) is 0 Å². The van der Waals surface area contributed by atoms with E-state index in [2.05, 4.69) is 11.9 Å². The molecular formula is C9H18N2O3. The van der Waals surface area contributed by atoms with Crippen molar-refractivity contribution in [1.82, 2.24) is 5.32 Å². The van der Waals surface area contributed by atoms with Crippen molar-refractivity contribution in [3.05, 3.63) is 12.2 Å². The Bertz CT molecular complexity index is 183. The second-order valence-corrected chi connectivity index (χ2v) is 2.70. The van der Waals surface area contributed by atoms with Crippen LogP contribution in [0.3, 0.4) is 0 Å². The fraction of sp³-hybridized carbons (Fsp3) is 0.667. The molecule has 1 amide bonds. The maximum Gasteiger partial charge on any atom is 0.407 e. The van der Waals surface area contributed by atoms with Gasteiger partial charge in [0.05, 0.1) is 13.2 Å². The molecule has 0 aliphatic rings. The molecule has 0 aliphatic carbocycles. The Morgan fingerprint density at radius 3 is 2.79 bits per heavy atom. The zero-order valence-electron chi connectivity index (χ0n) is 8.54. The lowest BCUT2D eigenvalue weighted by atomic mass is 10.3. The molecule has 0 heterocycles. The average Bonchev–Trinajstić information content (AvgIpc) is 2.16. The van der Waals surface area contributed by atoms with Gasteiger partial charge in [-0.1, -0.05) is 6.58 Å². The van der Waals surface area contributed by atoms with Crippen LogP contribution in [0.15, 0.2) is 12.2 Å². The van der Waals surface area contributed by atoms with Gasteiger partial charge >= 0.3 is 6.09 Å². The summed E-state index contributed by atoms with van der Waals surface area (Å²) in [4.78, 5) is 10.8. The number of hydrogen-bond acceptors (Lipinski definition) is 4. The molecule has 0 saturated heterocycles. The number of alkyl carbamates (subject to hydrolysis) is 1. The van der Waals surface area contributed by atoms with E-state index in [1.54, 1.807) is 0 Å². The molecule has 14 heavy (non-hydrogen) atoms. The minimum Gasteiger partial charge on any atom is -0.445 e. The van der Waals surface area contributed by atoms with E-state index in [1.165, 1.54) is 0 Å². The maximum atomic E-state index is 10.8. The maximum absolute atomic E-state index is 10.8. The summed E-state index contributed by atoms with van der Waals surface area (Å²) in [5.41, 5.74) is 5.94. The molecule has 0 saturated carbocycles. The van der Waals surface area contributed by atoms with E-state index in [-0.39, 0.29) is 6.61 Å². The van der Waals surface area contributed by atoms with Gasteiger partial charge in [0.2, 0.25) is 0 Å². The van der Waals surface area contributed by atoms with Crippen LogP contribution in [0.25, 0.3) is 0 Å². The van der Waals surface area contributed by atoms with Crippen molar-refractivity contribution in [3.8, 4) is 0 Å². The fourth-order valence-corrected chi connectivity index (χ4v) is 0.704. The minimum atomic E-state index is -0.438. The Morgan fingerprint density at radius 2 is 2.21 bits per heavy atom. The summed E-state index contributed by atoms with van der Waals surface area (Å²) in [5.74, 6) is 0. The largest absolute Gasteiger partial charge is 0.445 e. The second-order valence-electron chi connectivity index (χ2n) is 2.70. The highest BCUT2D eigenvalue weighted by Crippen LogP contribution is 1.93. The Morgan fingerprint density at radius 1 is 1.50 bits per heavy atom. The first-order valence-electron chi connectivity index (χ1n) is 4.55. The predicted molar refractivity (Wildman–Crippen MR) is 54.0 cm³/mol. The standard InChI is InChI=1S/C9H18N2O3/c1-3-11-9(12)14-7-8(2)6-13-5-4-10/h2-7,10H2,1H3,(H,11,12). The van der Waals surface area contributed by atoms with Crippen molar-refractivity contribution in [2.24, 2.45) is 5.73 Å². The first-order chi connectivity index (χ1) is 6.70. The lowest BCUT2D eigenvalue weighted by Gasteiger charge is -2.07. The Balaban J connectivity index is 3.39. The van der Waals surface area contributed by atoms with Gasteiger partial charge in [-0.25, -0.2) is 4.79 Å². The van der Waals surface area contributed by atoms with Gasteiger partial charge in [-0.15, -0.1) is 0 Å². The van der Waals surface area contributed by atoms with Gasteiger partial charge < -0.3 is 20.5 Å². The molecule has 0 bridgehead atoms. The van der Waals surface area contributed by atoms with E-state index in [1.807, 2.05) is 6.92 Å². The van der Waals surface area contributed by atoms with Crippen molar-refractivity contribution in [3.63, 3.8) is 0 Å². The summed E-state index contributed by atoms with van der Waals surface area (Å²) in [6, 6.07) is 0. The second kappa shape index (κ2) is 8.52. The topological polar surface area (TPSA) is 73.6 Å². The van der Waals surface area contributed by atoms with Gasteiger partial charge in [-0.3, -0.25) is 0 Å². The molecule has 0 rings (SSSR count). The molecular weight excluding hydrogens is 184 g/mol. The van der Waals surface area contributed by atoms with Gasteiger partial charge in [-0.2, -0.15) is 0 Å². The molecule has 82 valence electrons. The van der Waals surface area contributed by atoms with Crippen molar-refractivity contribution >= 4 is 6.09 Å². The van der Waals surface area contributed by atoms with Crippen molar-refractivity contribution in [2.45, 2.75) is 6.92 Å². The monoisotopic (exact) mass is 202 g/mol. The van der Waals surface area contributed by atoms with Crippen molar-refractivity contribution in [1.29, 1.82) is 0 Å². The molecule has 0 atom stereocenters. The molecule has 0 radical (unpaired) electrons. The van der Waals surface area contributed by atoms with E-state index in [9.17, 15) is 4.79 Å². The molecule has 5 heteroatoms. The molecule has 0 aromatic heterocycles. The molecule has 0 unspecified atom stereocenters. The molecule has 0 spiro atoms. The predicted octanol–water partition coefficient (Wildman–Crippen LogP) is 0.264. The van der Waals surface area contributed by atoms with Crippen molar-refractivity contribution in [2.75, 3.05) is 32.9 Å². The van der Waals surface area contributed by atoms with Crippen molar-refractivity contribution < 1.29 is 14.3 Å². The number of hydrogen-bond donors (Lipinski definition) is 2. The summed E-state index contributed by atoms with van der Waals surface area (Å²) in [5, 5.41) is 2.51. The number of nitrogens with two attached hydrogens (primary N) is 1. The number of nitrogens with one attached hydrogen (secondary N) is 1. The zero-order valence-corrected chi connectivity index (χ0v) is 8.54. The SMILES string of the molecule is C=C(COCCN)COC(=O)NCC. The van der Waals surface area contributed by atoms with Gasteiger partial charge in [0, 0.05) is 13.1 Å². The summed E-state index contributed by atoms with van der Waals surface area (Å²) < 4.78 is 9.91. The Hall–Kier alpha value is -1.07. The highest BCUT2D eigenvalue weighted by molar-refractivity contribution is 5.67. The van der Waals surface area contributed by atoms with Gasteiger partial charge in [0.25, 0.3) is 0 Å². The highest BCUT2D eigenvalue weighted by Gasteiger charge is 2.01. The number of rotatable bonds is 7. The number of carbonyl (C=O) groups excluding carboxylic acids is 1.